The summed E-state index contributed by atoms with van der Waals surface area (Å²) >= 11 is 0. The van der Waals surface area contributed by atoms with Gasteiger partial charge < -0.3 is 15.2 Å². The molecule has 0 aliphatic heterocycles. The van der Waals surface area contributed by atoms with Crippen molar-refractivity contribution in [3.63, 3.8) is 0 Å². The molecule has 0 aromatic carbocycles. The molecule has 1 amide bonds. The maximum Gasteiger partial charge on any atom is 0.407 e. The first-order valence-electron chi connectivity index (χ1n) is 6.67. The number of amides is 1. The molecule has 0 saturated heterocycles. The van der Waals surface area contributed by atoms with Crippen LogP contribution >= 0.6 is 0 Å². The Morgan fingerprint density at radius 2 is 1.79 bits per heavy atom. The first kappa shape index (κ1) is 15.5. The minimum atomic E-state index is -0.864. The smallest absolute Gasteiger partial charge is 0.407 e. The average Bonchev–Trinajstić information content (AvgIpc) is 2.18. The molecule has 5 heteroatoms. The summed E-state index contributed by atoms with van der Waals surface area (Å²) in [7, 11) is 0. The molecule has 2 atom stereocenters. The molecule has 19 heavy (non-hydrogen) atoms. The minimum absolute atomic E-state index is 0.378. The van der Waals surface area contributed by atoms with Gasteiger partial charge in [-0.25, -0.2) is 4.79 Å². The van der Waals surface area contributed by atoms with Crippen molar-refractivity contribution in [3.8, 4) is 0 Å². The van der Waals surface area contributed by atoms with E-state index in [1.807, 2.05) is 12.2 Å². The lowest BCUT2D eigenvalue weighted by atomic mass is 9.89. The third-order valence-corrected chi connectivity index (χ3v) is 2.96. The van der Waals surface area contributed by atoms with Crippen molar-refractivity contribution in [1.82, 2.24) is 5.32 Å². The number of alkyl carbamates (subject to hydrolysis) is 1. The molecular formula is C14H23NO4. The minimum Gasteiger partial charge on any atom is -0.481 e. The molecule has 1 aliphatic rings. The van der Waals surface area contributed by atoms with E-state index < -0.39 is 23.6 Å². The summed E-state index contributed by atoms with van der Waals surface area (Å²) in [4.78, 5) is 23.0. The van der Waals surface area contributed by atoms with E-state index in [1.54, 1.807) is 20.8 Å². The molecule has 1 rings (SSSR count). The number of allylic oxidation sites excluding steroid dienone is 2. The number of carbonyl (C=O) groups is 2. The van der Waals surface area contributed by atoms with Crippen molar-refractivity contribution in [2.75, 3.05) is 0 Å². The Morgan fingerprint density at radius 1 is 1.21 bits per heavy atom. The molecule has 5 nitrogen and oxygen atoms in total. The van der Waals surface area contributed by atoms with Gasteiger partial charge in [0.2, 0.25) is 0 Å². The zero-order valence-electron chi connectivity index (χ0n) is 11.8. The molecular weight excluding hydrogens is 246 g/mol. The second-order valence-electron chi connectivity index (χ2n) is 5.82. The van der Waals surface area contributed by atoms with E-state index in [2.05, 4.69) is 5.32 Å². The Balaban J connectivity index is 2.67. The van der Waals surface area contributed by atoms with Crippen LogP contribution in [0.1, 0.15) is 46.5 Å². The van der Waals surface area contributed by atoms with Crippen molar-refractivity contribution in [2.24, 2.45) is 5.92 Å². The van der Waals surface area contributed by atoms with Gasteiger partial charge in [0.25, 0.3) is 0 Å². The van der Waals surface area contributed by atoms with Gasteiger partial charge in [0.05, 0.1) is 5.92 Å². The first-order chi connectivity index (χ1) is 8.79. The summed E-state index contributed by atoms with van der Waals surface area (Å²) in [6.07, 6.45) is 6.13. The molecule has 0 saturated carbocycles. The van der Waals surface area contributed by atoms with E-state index in [4.69, 9.17) is 4.74 Å². The molecule has 0 bridgehead atoms. The largest absolute Gasteiger partial charge is 0.481 e. The molecule has 0 aromatic rings. The van der Waals surface area contributed by atoms with E-state index in [-0.39, 0.29) is 6.04 Å². The van der Waals surface area contributed by atoms with E-state index in [0.29, 0.717) is 12.8 Å². The van der Waals surface area contributed by atoms with Crippen LogP contribution < -0.4 is 5.32 Å². The number of rotatable bonds is 2. The molecule has 0 heterocycles. The predicted molar refractivity (Wildman–Crippen MR) is 71.9 cm³/mol. The lowest BCUT2D eigenvalue weighted by Crippen LogP contribution is -2.45. The zero-order chi connectivity index (χ0) is 14.5. The Bertz CT molecular complexity index is 357. The molecule has 108 valence electrons. The van der Waals surface area contributed by atoms with Gasteiger partial charge in [-0.15, -0.1) is 0 Å². The topological polar surface area (TPSA) is 75.6 Å². The number of carbonyl (C=O) groups excluding carboxylic acids is 1. The zero-order valence-corrected chi connectivity index (χ0v) is 11.8. The van der Waals surface area contributed by atoms with Gasteiger partial charge in [-0.3, -0.25) is 4.79 Å². The molecule has 1 aliphatic carbocycles. The Kier molecular flexibility index (Phi) is 5.39. The number of carboxylic acids is 1. The van der Waals surface area contributed by atoms with Gasteiger partial charge in [-0.1, -0.05) is 12.2 Å². The van der Waals surface area contributed by atoms with Crippen molar-refractivity contribution in [3.05, 3.63) is 12.2 Å². The number of carboxylic acid groups (broad SMARTS) is 1. The summed E-state index contributed by atoms with van der Waals surface area (Å²) < 4.78 is 5.18. The Hall–Kier alpha value is -1.52. The maximum absolute atomic E-state index is 11.7. The second-order valence-corrected chi connectivity index (χ2v) is 5.82. The van der Waals surface area contributed by atoms with Gasteiger partial charge in [-0.2, -0.15) is 0 Å². The monoisotopic (exact) mass is 269 g/mol. The summed E-state index contributed by atoms with van der Waals surface area (Å²) in [6.45, 7) is 5.34. The van der Waals surface area contributed by atoms with Gasteiger partial charge in [0.1, 0.15) is 5.60 Å². The van der Waals surface area contributed by atoms with Crippen molar-refractivity contribution in [1.29, 1.82) is 0 Å². The van der Waals surface area contributed by atoms with Crippen LogP contribution in [0.2, 0.25) is 0 Å². The number of hydrogen-bond donors (Lipinski definition) is 2. The lowest BCUT2D eigenvalue weighted by Gasteiger charge is -2.27. The third kappa shape index (κ3) is 5.77. The molecule has 0 unspecified atom stereocenters. The van der Waals surface area contributed by atoms with E-state index in [0.717, 1.165) is 12.8 Å². The highest BCUT2D eigenvalue weighted by Gasteiger charge is 2.30. The number of hydrogen-bond acceptors (Lipinski definition) is 3. The average molecular weight is 269 g/mol. The van der Waals surface area contributed by atoms with Crippen LogP contribution in [0.5, 0.6) is 0 Å². The molecule has 0 fully saturated rings. The fourth-order valence-electron chi connectivity index (χ4n) is 2.12. The Labute approximate surface area is 114 Å². The summed E-state index contributed by atoms with van der Waals surface area (Å²) in [5.74, 6) is -1.42. The summed E-state index contributed by atoms with van der Waals surface area (Å²) in [6, 6.07) is -0.378. The SMILES string of the molecule is CC(C)(C)OC(=O)N[C@H]1CC/C=C\CC[C@@H]1C(=O)O. The molecule has 0 spiro atoms. The van der Waals surface area contributed by atoms with Crippen LogP contribution in [0.25, 0.3) is 0 Å². The quantitative estimate of drug-likeness (QED) is 0.756. The van der Waals surface area contributed by atoms with E-state index >= 15 is 0 Å². The second kappa shape index (κ2) is 6.59. The van der Waals surface area contributed by atoms with Crippen molar-refractivity contribution < 1.29 is 19.4 Å². The van der Waals surface area contributed by atoms with Crippen LogP contribution in [0, 0.1) is 5.92 Å². The van der Waals surface area contributed by atoms with Crippen LogP contribution in [-0.2, 0) is 9.53 Å². The highest BCUT2D eigenvalue weighted by molar-refractivity contribution is 5.73. The predicted octanol–water partition coefficient (Wildman–Crippen LogP) is 2.71. The number of aliphatic carboxylic acids is 1. The first-order valence-corrected chi connectivity index (χ1v) is 6.67. The molecule has 0 radical (unpaired) electrons. The van der Waals surface area contributed by atoms with E-state index in [1.165, 1.54) is 0 Å². The van der Waals surface area contributed by atoms with Gasteiger partial charge in [0, 0.05) is 6.04 Å². The normalized spacial score (nSPS) is 25.8. The fourth-order valence-corrected chi connectivity index (χ4v) is 2.12. The number of nitrogens with one attached hydrogen (secondary N) is 1. The van der Waals surface area contributed by atoms with Gasteiger partial charge in [0.15, 0.2) is 0 Å². The van der Waals surface area contributed by atoms with Crippen LogP contribution in [0.3, 0.4) is 0 Å². The lowest BCUT2D eigenvalue weighted by molar-refractivity contribution is -0.143. The third-order valence-electron chi connectivity index (χ3n) is 2.96. The Morgan fingerprint density at radius 3 is 2.32 bits per heavy atom. The van der Waals surface area contributed by atoms with Gasteiger partial charge >= 0.3 is 12.1 Å². The van der Waals surface area contributed by atoms with Crippen molar-refractivity contribution >= 4 is 12.1 Å². The number of ether oxygens (including phenoxy) is 1. The molecule has 2 N–H and O–H groups in total. The highest BCUT2D eigenvalue weighted by Crippen LogP contribution is 2.20. The molecule has 0 aromatic heterocycles. The standard InChI is InChI=1S/C14H23NO4/c1-14(2,3)19-13(18)15-11-9-7-5-4-6-8-10(11)12(16)17/h4-5,10-11H,6-9H2,1-3H3,(H,15,18)(H,16,17)/b5-4-/t10-,11-/m0/s1. The van der Waals surface area contributed by atoms with Crippen LogP contribution in [-0.4, -0.2) is 28.8 Å². The summed E-state index contributed by atoms with van der Waals surface area (Å²) in [5.41, 5.74) is -0.579. The van der Waals surface area contributed by atoms with Crippen LogP contribution in [0.15, 0.2) is 12.2 Å². The fraction of sp³-hybridized carbons (Fsp3) is 0.714. The highest BCUT2D eigenvalue weighted by atomic mass is 16.6. The summed E-state index contributed by atoms with van der Waals surface area (Å²) in [5, 5.41) is 12.0. The van der Waals surface area contributed by atoms with E-state index in [9.17, 15) is 14.7 Å². The van der Waals surface area contributed by atoms with Crippen LogP contribution in [0.4, 0.5) is 4.79 Å². The van der Waals surface area contributed by atoms with Gasteiger partial charge in [-0.05, 0) is 46.5 Å². The van der Waals surface area contributed by atoms with Crippen molar-refractivity contribution in [2.45, 2.75) is 58.1 Å². The maximum atomic E-state index is 11.7.